The number of thioether (sulfide) groups is 1. The van der Waals surface area contributed by atoms with Crippen LogP contribution in [-0.2, 0) is 16.0 Å². The average Bonchev–Trinajstić information content (AvgIpc) is 2.73. The Kier molecular flexibility index (Phi) is 6.84. The highest BCUT2D eigenvalue weighted by Gasteiger charge is 2.14. The number of amides is 1. The summed E-state index contributed by atoms with van der Waals surface area (Å²) in [6, 6.07) is 15.1. The van der Waals surface area contributed by atoms with Crippen molar-refractivity contribution in [3.8, 4) is 5.69 Å². The first kappa shape index (κ1) is 20.1. The molecule has 0 saturated heterocycles. The Balaban J connectivity index is 1.97. The molecule has 1 N–H and O–H groups in total. The monoisotopic (exact) mass is 397 g/mol. The van der Waals surface area contributed by atoms with Crippen LogP contribution in [0.5, 0.6) is 0 Å². The molecule has 1 aromatic heterocycles. The standard InChI is InChI=1S/C21H23N3O3S/c1-3-15-8-10-16(11-9-15)24-20(26)17-6-4-5-7-18(17)23-21(24)28-14-19(25)22-12-13-27-2/h4-11H,3,12-14H2,1-2H3,(H,22,25). The Morgan fingerprint density at radius 1 is 1.18 bits per heavy atom. The van der Waals surface area contributed by atoms with E-state index in [-0.39, 0.29) is 17.2 Å². The first-order chi connectivity index (χ1) is 13.6. The van der Waals surface area contributed by atoms with Crippen LogP contribution >= 0.6 is 11.8 Å². The molecule has 0 radical (unpaired) electrons. The molecule has 0 bridgehead atoms. The first-order valence-corrected chi connectivity index (χ1v) is 10.1. The molecule has 7 heteroatoms. The lowest BCUT2D eigenvalue weighted by Gasteiger charge is -2.13. The van der Waals surface area contributed by atoms with Crippen molar-refractivity contribution in [2.45, 2.75) is 18.5 Å². The van der Waals surface area contributed by atoms with Crippen molar-refractivity contribution in [2.24, 2.45) is 0 Å². The summed E-state index contributed by atoms with van der Waals surface area (Å²) in [5.41, 5.74) is 2.41. The Labute approximate surface area is 167 Å². The number of aromatic nitrogens is 2. The van der Waals surface area contributed by atoms with Gasteiger partial charge in [-0.3, -0.25) is 14.2 Å². The lowest BCUT2D eigenvalue weighted by Crippen LogP contribution is -2.29. The number of fused-ring (bicyclic) bond motifs is 1. The van der Waals surface area contributed by atoms with E-state index in [9.17, 15) is 9.59 Å². The second kappa shape index (κ2) is 9.52. The van der Waals surface area contributed by atoms with E-state index in [2.05, 4.69) is 17.2 Å². The van der Waals surface area contributed by atoms with Gasteiger partial charge in [-0.15, -0.1) is 0 Å². The normalized spacial score (nSPS) is 10.9. The fourth-order valence-corrected chi connectivity index (χ4v) is 3.63. The zero-order chi connectivity index (χ0) is 19.9. The molecule has 0 atom stereocenters. The highest BCUT2D eigenvalue weighted by molar-refractivity contribution is 7.99. The number of nitrogens with one attached hydrogen (secondary N) is 1. The van der Waals surface area contributed by atoms with Gasteiger partial charge >= 0.3 is 0 Å². The number of hydrogen-bond donors (Lipinski definition) is 1. The molecule has 0 aliphatic rings. The largest absolute Gasteiger partial charge is 0.383 e. The minimum absolute atomic E-state index is 0.127. The summed E-state index contributed by atoms with van der Waals surface area (Å²) in [6.07, 6.45) is 0.925. The topological polar surface area (TPSA) is 73.2 Å². The summed E-state index contributed by atoms with van der Waals surface area (Å²) in [5, 5.41) is 3.83. The Hall–Kier alpha value is -2.64. The predicted molar refractivity (Wildman–Crippen MR) is 112 cm³/mol. The number of benzene rings is 2. The van der Waals surface area contributed by atoms with Gasteiger partial charge in [0.15, 0.2) is 5.16 Å². The lowest BCUT2D eigenvalue weighted by molar-refractivity contribution is -0.118. The molecule has 1 amide bonds. The number of rotatable bonds is 8. The van der Waals surface area contributed by atoms with Gasteiger partial charge < -0.3 is 10.1 Å². The maximum atomic E-state index is 13.2. The van der Waals surface area contributed by atoms with E-state index in [4.69, 9.17) is 4.74 Å². The predicted octanol–water partition coefficient (Wildman–Crippen LogP) is 2.80. The van der Waals surface area contributed by atoms with E-state index in [1.165, 1.54) is 17.3 Å². The SMILES string of the molecule is CCc1ccc(-n2c(SCC(=O)NCCOC)nc3ccccc3c2=O)cc1. The molecule has 3 aromatic rings. The summed E-state index contributed by atoms with van der Waals surface area (Å²) in [4.78, 5) is 29.9. The Morgan fingerprint density at radius 2 is 1.93 bits per heavy atom. The fraction of sp³-hybridized carbons (Fsp3) is 0.286. The first-order valence-electron chi connectivity index (χ1n) is 9.13. The minimum Gasteiger partial charge on any atom is -0.383 e. The zero-order valence-electron chi connectivity index (χ0n) is 16.0. The van der Waals surface area contributed by atoms with Crippen molar-refractivity contribution in [2.75, 3.05) is 26.0 Å². The summed E-state index contributed by atoms with van der Waals surface area (Å²) < 4.78 is 6.51. The van der Waals surface area contributed by atoms with Crippen molar-refractivity contribution < 1.29 is 9.53 Å². The van der Waals surface area contributed by atoms with Crippen LogP contribution in [0.15, 0.2) is 58.5 Å². The highest BCUT2D eigenvalue weighted by Crippen LogP contribution is 2.21. The van der Waals surface area contributed by atoms with Crippen LogP contribution in [0.25, 0.3) is 16.6 Å². The average molecular weight is 398 g/mol. The van der Waals surface area contributed by atoms with Gasteiger partial charge in [0.05, 0.1) is 29.0 Å². The maximum Gasteiger partial charge on any atom is 0.266 e. The molecule has 0 saturated carbocycles. The molecule has 1 heterocycles. The van der Waals surface area contributed by atoms with Gasteiger partial charge in [0, 0.05) is 13.7 Å². The molecule has 0 unspecified atom stereocenters. The van der Waals surface area contributed by atoms with Crippen LogP contribution < -0.4 is 10.9 Å². The summed E-state index contributed by atoms with van der Waals surface area (Å²) >= 11 is 1.25. The number of para-hydroxylation sites is 1. The smallest absolute Gasteiger partial charge is 0.266 e. The summed E-state index contributed by atoms with van der Waals surface area (Å²) in [6.45, 7) is 2.99. The lowest BCUT2D eigenvalue weighted by atomic mass is 10.1. The van der Waals surface area contributed by atoms with Crippen molar-refractivity contribution in [3.63, 3.8) is 0 Å². The van der Waals surface area contributed by atoms with Gasteiger partial charge in [-0.2, -0.15) is 0 Å². The maximum absolute atomic E-state index is 13.2. The van der Waals surface area contributed by atoms with Gasteiger partial charge in [-0.1, -0.05) is 43.0 Å². The van der Waals surface area contributed by atoms with E-state index in [1.54, 1.807) is 17.7 Å². The van der Waals surface area contributed by atoms with Crippen LogP contribution in [0.1, 0.15) is 12.5 Å². The quantitative estimate of drug-likeness (QED) is 0.359. The molecule has 3 rings (SSSR count). The third-order valence-corrected chi connectivity index (χ3v) is 5.25. The number of carbonyl (C=O) groups excluding carboxylic acids is 1. The highest BCUT2D eigenvalue weighted by atomic mass is 32.2. The van der Waals surface area contributed by atoms with Crippen LogP contribution in [0.2, 0.25) is 0 Å². The summed E-state index contributed by atoms with van der Waals surface area (Å²) in [5.74, 6) is 0.0407. The second-order valence-corrected chi connectivity index (χ2v) is 7.15. The molecular formula is C21H23N3O3S. The number of nitrogens with zero attached hydrogens (tertiary/aromatic N) is 2. The van der Waals surface area contributed by atoms with Crippen molar-refractivity contribution in [1.29, 1.82) is 0 Å². The number of methoxy groups -OCH3 is 1. The molecule has 6 nitrogen and oxygen atoms in total. The fourth-order valence-electron chi connectivity index (χ4n) is 2.79. The molecule has 0 aliphatic carbocycles. The van der Waals surface area contributed by atoms with Gasteiger partial charge in [-0.25, -0.2) is 4.98 Å². The van der Waals surface area contributed by atoms with Crippen molar-refractivity contribution >= 4 is 28.6 Å². The minimum atomic E-state index is -0.142. The van der Waals surface area contributed by atoms with Gasteiger partial charge in [0.1, 0.15) is 0 Å². The van der Waals surface area contributed by atoms with Crippen LogP contribution in [-0.4, -0.2) is 41.5 Å². The number of hydrogen-bond acceptors (Lipinski definition) is 5. The van der Waals surface area contributed by atoms with Crippen LogP contribution in [0.4, 0.5) is 0 Å². The number of aryl methyl sites for hydroxylation is 1. The van der Waals surface area contributed by atoms with Crippen molar-refractivity contribution in [3.05, 3.63) is 64.4 Å². The third-order valence-electron chi connectivity index (χ3n) is 4.31. The molecule has 0 aliphatic heterocycles. The van der Waals surface area contributed by atoms with Crippen LogP contribution in [0.3, 0.4) is 0 Å². The van der Waals surface area contributed by atoms with Gasteiger partial charge in [0.25, 0.3) is 5.56 Å². The van der Waals surface area contributed by atoms with E-state index in [0.717, 1.165) is 12.1 Å². The Morgan fingerprint density at radius 3 is 2.64 bits per heavy atom. The zero-order valence-corrected chi connectivity index (χ0v) is 16.8. The molecule has 2 aromatic carbocycles. The second-order valence-electron chi connectivity index (χ2n) is 6.20. The molecule has 0 spiro atoms. The van der Waals surface area contributed by atoms with Gasteiger partial charge in [-0.05, 0) is 36.2 Å². The van der Waals surface area contributed by atoms with E-state index < -0.39 is 0 Å². The Bertz CT molecular complexity index is 1020. The summed E-state index contributed by atoms with van der Waals surface area (Å²) in [7, 11) is 1.59. The van der Waals surface area contributed by atoms with Crippen molar-refractivity contribution in [1.82, 2.24) is 14.9 Å². The molecule has 146 valence electrons. The van der Waals surface area contributed by atoms with E-state index in [0.29, 0.717) is 29.2 Å². The molecular weight excluding hydrogens is 374 g/mol. The molecule has 0 fully saturated rings. The third kappa shape index (κ3) is 4.61. The van der Waals surface area contributed by atoms with Gasteiger partial charge in [0.2, 0.25) is 5.91 Å². The number of ether oxygens (including phenoxy) is 1. The molecule has 28 heavy (non-hydrogen) atoms. The van der Waals surface area contributed by atoms with E-state index >= 15 is 0 Å². The van der Waals surface area contributed by atoms with E-state index in [1.807, 2.05) is 42.5 Å². The van der Waals surface area contributed by atoms with Crippen LogP contribution in [0, 0.1) is 0 Å². The number of carbonyl (C=O) groups is 1.